The highest BCUT2D eigenvalue weighted by Crippen LogP contribution is 2.28. The van der Waals surface area contributed by atoms with E-state index in [1.54, 1.807) is 13.2 Å². The van der Waals surface area contributed by atoms with Crippen molar-refractivity contribution in [3.63, 3.8) is 0 Å². The lowest BCUT2D eigenvalue weighted by atomic mass is 9.94. The number of aromatic nitrogens is 2. The normalized spacial score (nSPS) is 17.1. The van der Waals surface area contributed by atoms with Crippen molar-refractivity contribution in [2.24, 2.45) is 0 Å². The van der Waals surface area contributed by atoms with Crippen molar-refractivity contribution in [1.29, 1.82) is 0 Å². The first-order valence-electron chi connectivity index (χ1n) is 6.66. The van der Waals surface area contributed by atoms with Gasteiger partial charge in [0, 0.05) is 31.2 Å². The Balaban J connectivity index is 2.18. The van der Waals surface area contributed by atoms with E-state index >= 15 is 0 Å². The van der Waals surface area contributed by atoms with Crippen molar-refractivity contribution >= 4 is 10.0 Å². The summed E-state index contributed by atoms with van der Waals surface area (Å²) in [6.07, 6.45) is 4.58. The second-order valence-electron chi connectivity index (χ2n) is 5.37. The Kier molecular flexibility index (Phi) is 4.27. The number of nitrogens with zero attached hydrogens (tertiary/aromatic N) is 2. The minimum Gasteiger partial charge on any atom is -0.310 e. The van der Waals surface area contributed by atoms with Crippen LogP contribution in [0.1, 0.15) is 38.7 Å². The molecule has 2 N–H and O–H groups in total. The lowest BCUT2D eigenvalue weighted by Gasteiger charge is -2.33. The van der Waals surface area contributed by atoms with E-state index in [2.05, 4.69) is 15.5 Å². The summed E-state index contributed by atoms with van der Waals surface area (Å²) >= 11 is 0. The molecule has 1 aromatic heterocycles. The molecule has 0 saturated heterocycles. The third-order valence-corrected chi connectivity index (χ3v) is 5.53. The highest BCUT2D eigenvalue weighted by atomic mass is 32.2. The molecule has 1 fully saturated rings. The molecule has 0 atom stereocenters. The molecular weight excluding hydrogens is 264 g/mol. The lowest BCUT2D eigenvalue weighted by molar-refractivity contribution is 0.249. The van der Waals surface area contributed by atoms with Gasteiger partial charge in [-0.25, -0.2) is 8.42 Å². The summed E-state index contributed by atoms with van der Waals surface area (Å²) in [6, 6.07) is 0.439. The summed E-state index contributed by atoms with van der Waals surface area (Å²) in [5, 5.41) is 9.95. The van der Waals surface area contributed by atoms with E-state index in [1.165, 1.54) is 4.31 Å². The van der Waals surface area contributed by atoms with E-state index in [9.17, 15) is 8.42 Å². The molecule has 0 amide bonds. The number of hydrogen-bond acceptors (Lipinski definition) is 4. The average molecular weight is 286 g/mol. The van der Waals surface area contributed by atoms with Crippen LogP contribution in [0.4, 0.5) is 0 Å². The van der Waals surface area contributed by atoms with Gasteiger partial charge in [-0.3, -0.25) is 5.10 Å². The van der Waals surface area contributed by atoms with Crippen LogP contribution >= 0.6 is 0 Å². The van der Waals surface area contributed by atoms with Gasteiger partial charge in [0.2, 0.25) is 0 Å². The van der Waals surface area contributed by atoms with Gasteiger partial charge in [0.1, 0.15) is 0 Å². The van der Waals surface area contributed by atoms with Crippen molar-refractivity contribution < 1.29 is 8.42 Å². The second-order valence-corrected chi connectivity index (χ2v) is 7.30. The van der Waals surface area contributed by atoms with Gasteiger partial charge in [0.25, 0.3) is 10.0 Å². The molecule has 0 spiro atoms. The molecule has 0 aromatic carbocycles. The molecule has 1 aromatic rings. The van der Waals surface area contributed by atoms with Crippen molar-refractivity contribution in [2.45, 2.75) is 56.8 Å². The minimum atomic E-state index is -3.46. The monoisotopic (exact) mass is 286 g/mol. The maximum absolute atomic E-state index is 12.5. The van der Waals surface area contributed by atoms with Gasteiger partial charge in [0.15, 0.2) is 5.03 Å². The number of H-pyrrole nitrogens is 1. The zero-order chi connectivity index (χ0) is 14.0. The highest BCUT2D eigenvalue weighted by Gasteiger charge is 2.34. The van der Waals surface area contributed by atoms with Crippen LogP contribution in [-0.4, -0.2) is 42.1 Å². The maximum atomic E-state index is 12.5. The number of hydrogen-bond donors (Lipinski definition) is 2. The van der Waals surface area contributed by atoms with E-state index in [1.807, 2.05) is 13.8 Å². The summed E-state index contributed by atoms with van der Waals surface area (Å²) in [6.45, 7) is 4.55. The average Bonchev–Trinajstić information content (AvgIpc) is 2.72. The molecule has 0 radical (unpaired) electrons. The van der Waals surface area contributed by atoms with Crippen LogP contribution in [0.25, 0.3) is 0 Å². The van der Waals surface area contributed by atoms with E-state index in [0.29, 0.717) is 18.2 Å². The van der Waals surface area contributed by atoms with Crippen molar-refractivity contribution in [1.82, 2.24) is 19.8 Å². The fourth-order valence-electron chi connectivity index (χ4n) is 2.05. The summed E-state index contributed by atoms with van der Waals surface area (Å²) < 4.78 is 26.5. The van der Waals surface area contributed by atoms with Crippen LogP contribution in [0, 0.1) is 0 Å². The smallest absolute Gasteiger partial charge is 0.260 e. The second kappa shape index (κ2) is 5.60. The lowest BCUT2D eigenvalue weighted by Crippen LogP contribution is -2.41. The fraction of sp³-hybridized carbons (Fsp3) is 0.750. The maximum Gasteiger partial charge on any atom is 0.260 e. The molecule has 1 aliphatic rings. The topological polar surface area (TPSA) is 78.1 Å². The molecule has 0 bridgehead atoms. The first-order valence-corrected chi connectivity index (χ1v) is 8.10. The minimum absolute atomic E-state index is 0.138. The number of sulfonamides is 1. The SMILES string of the molecule is CC(C)NCc1cn[nH]c1S(=O)(=O)N(C)C1CCC1. The van der Waals surface area contributed by atoms with E-state index in [4.69, 9.17) is 0 Å². The number of nitrogens with one attached hydrogen (secondary N) is 2. The largest absolute Gasteiger partial charge is 0.310 e. The Labute approximate surface area is 114 Å². The Bertz CT molecular complexity index is 520. The van der Waals surface area contributed by atoms with Crippen LogP contribution in [-0.2, 0) is 16.6 Å². The van der Waals surface area contributed by atoms with Crippen LogP contribution < -0.4 is 5.32 Å². The summed E-state index contributed by atoms with van der Waals surface area (Å²) in [5.74, 6) is 0. The van der Waals surface area contributed by atoms with Gasteiger partial charge in [-0.05, 0) is 12.8 Å². The molecule has 6 nitrogen and oxygen atoms in total. The van der Waals surface area contributed by atoms with Gasteiger partial charge in [-0.1, -0.05) is 20.3 Å². The van der Waals surface area contributed by atoms with E-state index in [-0.39, 0.29) is 11.1 Å². The predicted molar refractivity (Wildman–Crippen MR) is 73.2 cm³/mol. The molecule has 1 heterocycles. The van der Waals surface area contributed by atoms with Crippen LogP contribution in [0.5, 0.6) is 0 Å². The highest BCUT2D eigenvalue weighted by molar-refractivity contribution is 7.89. The molecular formula is C12H22N4O2S. The third-order valence-electron chi connectivity index (χ3n) is 3.60. The van der Waals surface area contributed by atoms with Gasteiger partial charge in [0.05, 0.1) is 6.20 Å². The van der Waals surface area contributed by atoms with Gasteiger partial charge >= 0.3 is 0 Å². The van der Waals surface area contributed by atoms with Crippen LogP contribution in [0.2, 0.25) is 0 Å². The molecule has 0 aliphatic heterocycles. The molecule has 0 unspecified atom stereocenters. The van der Waals surface area contributed by atoms with Crippen LogP contribution in [0.15, 0.2) is 11.2 Å². The molecule has 108 valence electrons. The van der Waals surface area contributed by atoms with Crippen molar-refractivity contribution in [3.8, 4) is 0 Å². The molecule has 1 saturated carbocycles. The first kappa shape index (κ1) is 14.5. The van der Waals surface area contributed by atoms with Gasteiger partial charge in [-0.2, -0.15) is 9.40 Å². The number of rotatable bonds is 6. The van der Waals surface area contributed by atoms with Gasteiger partial charge in [-0.15, -0.1) is 0 Å². The summed E-state index contributed by atoms with van der Waals surface area (Å²) in [4.78, 5) is 0. The Morgan fingerprint density at radius 3 is 2.74 bits per heavy atom. The molecule has 1 aliphatic carbocycles. The van der Waals surface area contributed by atoms with Crippen molar-refractivity contribution in [2.75, 3.05) is 7.05 Å². The van der Waals surface area contributed by atoms with Crippen LogP contribution in [0.3, 0.4) is 0 Å². The Morgan fingerprint density at radius 2 is 2.21 bits per heavy atom. The zero-order valence-electron chi connectivity index (χ0n) is 11.7. The standard InChI is InChI=1S/C12H22N4O2S/c1-9(2)13-7-10-8-14-15-12(10)19(17,18)16(3)11-5-4-6-11/h8-9,11,13H,4-7H2,1-3H3,(H,14,15). The molecule has 2 rings (SSSR count). The van der Waals surface area contributed by atoms with E-state index in [0.717, 1.165) is 19.3 Å². The first-order chi connectivity index (χ1) is 8.93. The molecule has 7 heteroatoms. The van der Waals surface area contributed by atoms with E-state index < -0.39 is 10.0 Å². The molecule has 19 heavy (non-hydrogen) atoms. The predicted octanol–water partition coefficient (Wildman–Crippen LogP) is 1.08. The third kappa shape index (κ3) is 2.98. The fourth-order valence-corrected chi connectivity index (χ4v) is 3.57. The van der Waals surface area contributed by atoms with Gasteiger partial charge < -0.3 is 5.32 Å². The summed E-state index contributed by atoms with van der Waals surface area (Å²) in [7, 11) is -1.81. The zero-order valence-corrected chi connectivity index (χ0v) is 12.5. The Hall–Kier alpha value is -0.920. The number of aromatic amines is 1. The Morgan fingerprint density at radius 1 is 1.53 bits per heavy atom. The van der Waals surface area contributed by atoms with Crippen molar-refractivity contribution in [3.05, 3.63) is 11.8 Å². The summed E-state index contributed by atoms with van der Waals surface area (Å²) in [5.41, 5.74) is 0.694. The quantitative estimate of drug-likeness (QED) is 0.820.